The van der Waals surface area contributed by atoms with E-state index in [9.17, 15) is 9.18 Å². The lowest BCUT2D eigenvalue weighted by atomic mass is 10.1. The summed E-state index contributed by atoms with van der Waals surface area (Å²) in [6.45, 7) is 2.63. The Bertz CT molecular complexity index is 592. The van der Waals surface area contributed by atoms with Crippen molar-refractivity contribution in [1.29, 1.82) is 0 Å². The average molecular weight is 271 g/mol. The van der Waals surface area contributed by atoms with Gasteiger partial charge < -0.3 is 4.90 Å². The number of nitrogens with zero attached hydrogens (tertiary/aromatic N) is 1. The minimum absolute atomic E-state index is 0.0276. The van der Waals surface area contributed by atoms with Gasteiger partial charge in [-0.15, -0.1) is 0 Å². The highest BCUT2D eigenvalue weighted by atomic mass is 19.1. The first-order chi connectivity index (χ1) is 9.56. The van der Waals surface area contributed by atoms with Crippen molar-refractivity contribution >= 4 is 5.91 Å². The number of amides is 1. The van der Waals surface area contributed by atoms with Gasteiger partial charge in [-0.05, 0) is 35.7 Å². The Morgan fingerprint density at radius 3 is 2.40 bits per heavy atom. The van der Waals surface area contributed by atoms with Crippen LogP contribution in [-0.4, -0.2) is 17.9 Å². The number of benzene rings is 2. The number of hydrogen-bond donors (Lipinski definition) is 0. The normalized spacial score (nSPS) is 10.3. The predicted molar refractivity (Wildman–Crippen MR) is 77.8 cm³/mol. The summed E-state index contributed by atoms with van der Waals surface area (Å²) < 4.78 is 12.8. The van der Waals surface area contributed by atoms with Gasteiger partial charge in [0.15, 0.2) is 0 Å². The largest absolute Gasteiger partial charge is 0.341 e. The van der Waals surface area contributed by atoms with Gasteiger partial charge in [0.05, 0.1) is 6.42 Å². The van der Waals surface area contributed by atoms with Crippen LogP contribution in [0.25, 0.3) is 0 Å². The van der Waals surface area contributed by atoms with Crippen LogP contribution in [0.1, 0.15) is 16.7 Å². The molecule has 0 fully saturated rings. The maximum atomic E-state index is 12.8. The Kier molecular flexibility index (Phi) is 4.51. The minimum Gasteiger partial charge on any atom is -0.341 e. The van der Waals surface area contributed by atoms with Gasteiger partial charge in [0.25, 0.3) is 0 Å². The smallest absolute Gasteiger partial charge is 0.227 e. The Hall–Kier alpha value is -2.16. The van der Waals surface area contributed by atoms with E-state index < -0.39 is 0 Å². The second kappa shape index (κ2) is 6.33. The zero-order valence-electron chi connectivity index (χ0n) is 11.8. The van der Waals surface area contributed by atoms with Crippen LogP contribution in [0.5, 0.6) is 0 Å². The number of aryl methyl sites for hydroxylation is 1. The van der Waals surface area contributed by atoms with E-state index >= 15 is 0 Å². The van der Waals surface area contributed by atoms with E-state index in [2.05, 4.69) is 0 Å². The quantitative estimate of drug-likeness (QED) is 0.835. The van der Waals surface area contributed by atoms with Gasteiger partial charge >= 0.3 is 0 Å². The zero-order valence-corrected chi connectivity index (χ0v) is 11.8. The number of likely N-dealkylation sites (N-methyl/N-ethyl adjacent to an activating group) is 1. The fourth-order valence-corrected chi connectivity index (χ4v) is 2.04. The minimum atomic E-state index is -0.283. The van der Waals surface area contributed by atoms with Crippen molar-refractivity contribution in [2.75, 3.05) is 7.05 Å². The van der Waals surface area contributed by atoms with E-state index in [4.69, 9.17) is 0 Å². The number of halogens is 1. The van der Waals surface area contributed by atoms with Gasteiger partial charge in [0.1, 0.15) is 5.82 Å². The van der Waals surface area contributed by atoms with Crippen LogP contribution in [0.2, 0.25) is 0 Å². The Labute approximate surface area is 118 Å². The molecule has 2 rings (SSSR count). The highest BCUT2D eigenvalue weighted by Crippen LogP contribution is 2.11. The molecule has 0 heterocycles. The zero-order chi connectivity index (χ0) is 14.5. The number of hydrogen-bond acceptors (Lipinski definition) is 1. The van der Waals surface area contributed by atoms with E-state index in [1.165, 1.54) is 17.7 Å². The molecular weight excluding hydrogens is 253 g/mol. The van der Waals surface area contributed by atoms with E-state index in [0.29, 0.717) is 13.0 Å². The summed E-state index contributed by atoms with van der Waals surface area (Å²) in [7, 11) is 1.79. The SMILES string of the molecule is Cc1ccccc1CN(C)C(=O)Cc1ccc(F)cc1. The summed E-state index contributed by atoms with van der Waals surface area (Å²) in [5.74, 6) is -0.255. The maximum Gasteiger partial charge on any atom is 0.227 e. The summed E-state index contributed by atoms with van der Waals surface area (Å²) in [6.07, 6.45) is 0.294. The van der Waals surface area contributed by atoms with Crippen molar-refractivity contribution in [2.45, 2.75) is 19.9 Å². The molecule has 2 nitrogen and oxygen atoms in total. The molecule has 20 heavy (non-hydrogen) atoms. The lowest BCUT2D eigenvalue weighted by molar-refractivity contribution is -0.129. The van der Waals surface area contributed by atoms with Gasteiger partial charge in [-0.25, -0.2) is 4.39 Å². The van der Waals surface area contributed by atoms with E-state index in [1.54, 1.807) is 24.1 Å². The van der Waals surface area contributed by atoms with E-state index in [1.807, 2.05) is 31.2 Å². The Morgan fingerprint density at radius 2 is 1.75 bits per heavy atom. The van der Waals surface area contributed by atoms with Crippen molar-refractivity contribution < 1.29 is 9.18 Å². The lowest BCUT2D eigenvalue weighted by Gasteiger charge is -2.18. The van der Waals surface area contributed by atoms with Gasteiger partial charge in [-0.1, -0.05) is 36.4 Å². The maximum absolute atomic E-state index is 12.8. The topological polar surface area (TPSA) is 20.3 Å². The molecule has 0 aromatic heterocycles. The number of carbonyl (C=O) groups is 1. The van der Waals surface area contributed by atoms with Gasteiger partial charge in [0.2, 0.25) is 5.91 Å². The third kappa shape index (κ3) is 3.67. The van der Waals surface area contributed by atoms with Crippen molar-refractivity contribution in [3.05, 3.63) is 71.0 Å². The number of rotatable bonds is 4. The molecule has 0 spiro atoms. The second-order valence-corrected chi connectivity index (χ2v) is 4.98. The van der Waals surface area contributed by atoms with Crippen molar-refractivity contribution in [3.8, 4) is 0 Å². The van der Waals surface area contributed by atoms with Crippen LogP contribution in [0, 0.1) is 12.7 Å². The summed E-state index contributed by atoms with van der Waals surface area (Å²) in [4.78, 5) is 13.8. The van der Waals surface area contributed by atoms with Gasteiger partial charge in [-0.2, -0.15) is 0 Å². The molecule has 0 aliphatic carbocycles. The number of carbonyl (C=O) groups excluding carboxylic acids is 1. The van der Waals surface area contributed by atoms with Crippen LogP contribution in [0.3, 0.4) is 0 Å². The molecule has 0 saturated heterocycles. The van der Waals surface area contributed by atoms with Crippen molar-refractivity contribution in [1.82, 2.24) is 4.90 Å². The third-order valence-corrected chi connectivity index (χ3v) is 3.36. The van der Waals surface area contributed by atoms with Crippen molar-refractivity contribution in [2.24, 2.45) is 0 Å². The molecular formula is C17H18FNO. The summed E-state index contributed by atoms with van der Waals surface area (Å²) in [5, 5.41) is 0. The van der Waals surface area contributed by atoms with Crippen LogP contribution in [-0.2, 0) is 17.8 Å². The summed E-state index contributed by atoms with van der Waals surface area (Å²) in [6, 6.07) is 14.1. The van der Waals surface area contributed by atoms with Gasteiger partial charge in [-0.3, -0.25) is 4.79 Å². The Balaban J connectivity index is 1.99. The highest BCUT2D eigenvalue weighted by Gasteiger charge is 2.11. The average Bonchev–Trinajstić information content (AvgIpc) is 2.44. The molecule has 0 bridgehead atoms. The van der Waals surface area contributed by atoms with Crippen molar-refractivity contribution in [3.63, 3.8) is 0 Å². The highest BCUT2D eigenvalue weighted by molar-refractivity contribution is 5.78. The molecule has 0 aliphatic rings. The van der Waals surface area contributed by atoms with Crippen LogP contribution in [0.4, 0.5) is 4.39 Å². The summed E-state index contributed by atoms with van der Waals surface area (Å²) in [5.41, 5.74) is 3.14. The lowest BCUT2D eigenvalue weighted by Crippen LogP contribution is -2.28. The first kappa shape index (κ1) is 14.3. The monoisotopic (exact) mass is 271 g/mol. The van der Waals surface area contributed by atoms with Crippen LogP contribution < -0.4 is 0 Å². The summed E-state index contributed by atoms with van der Waals surface area (Å²) >= 11 is 0. The van der Waals surface area contributed by atoms with Crippen LogP contribution >= 0.6 is 0 Å². The van der Waals surface area contributed by atoms with E-state index in [-0.39, 0.29) is 11.7 Å². The molecule has 0 N–H and O–H groups in total. The molecule has 2 aromatic rings. The molecule has 0 unspecified atom stereocenters. The van der Waals surface area contributed by atoms with Crippen LogP contribution in [0.15, 0.2) is 48.5 Å². The molecule has 0 radical (unpaired) electrons. The fraction of sp³-hybridized carbons (Fsp3) is 0.235. The van der Waals surface area contributed by atoms with Gasteiger partial charge in [0, 0.05) is 13.6 Å². The van der Waals surface area contributed by atoms with E-state index in [0.717, 1.165) is 11.1 Å². The predicted octanol–water partition coefficient (Wildman–Crippen LogP) is 3.34. The molecule has 3 heteroatoms. The third-order valence-electron chi connectivity index (χ3n) is 3.36. The fourth-order valence-electron chi connectivity index (χ4n) is 2.04. The first-order valence-corrected chi connectivity index (χ1v) is 6.59. The first-order valence-electron chi connectivity index (χ1n) is 6.59. The molecule has 0 atom stereocenters. The Morgan fingerprint density at radius 1 is 1.10 bits per heavy atom. The molecule has 0 saturated carbocycles. The molecule has 104 valence electrons. The molecule has 2 aromatic carbocycles. The molecule has 1 amide bonds. The standard InChI is InChI=1S/C17H18FNO/c1-13-5-3-4-6-15(13)12-19(2)17(20)11-14-7-9-16(18)10-8-14/h3-10H,11-12H2,1-2H3. The molecule has 0 aliphatic heterocycles. The second-order valence-electron chi connectivity index (χ2n) is 4.98.